The van der Waals surface area contributed by atoms with Crippen LogP contribution in [-0.2, 0) is 11.3 Å². The molecule has 25 heavy (non-hydrogen) atoms. The summed E-state index contributed by atoms with van der Waals surface area (Å²) in [6, 6.07) is 12.2. The molecule has 2 saturated heterocycles. The van der Waals surface area contributed by atoms with Crippen LogP contribution in [0.1, 0.15) is 37.7 Å². The zero-order valence-electron chi connectivity index (χ0n) is 14.5. The third-order valence-corrected chi connectivity index (χ3v) is 5.61. The van der Waals surface area contributed by atoms with Crippen molar-refractivity contribution in [1.29, 1.82) is 0 Å². The summed E-state index contributed by atoms with van der Waals surface area (Å²) in [5, 5.41) is 0. The summed E-state index contributed by atoms with van der Waals surface area (Å²) < 4.78 is 0. The molecule has 2 aliphatic heterocycles. The third kappa shape index (κ3) is 3.23. The molecule has 0 bridgehead atoms. The predicted molar refractivity (Wildman–Crippen MR) is 97.1 cm³/mol. The molecule has 3 heterocycles. The number of nitrogens with zero attached hydrogens (tertiary/aromatic N) is 4. The quantitative estimate of drug-likeness (QED) is 0.864. The molecule has 2 aliphatic rings. The van der Waals surface area contributed by atoms with Gasteiger partial charge in [-0.1, -0.05) is 30.3 Å². The molecule has 2 aromatic rings. The van der Waals surface area contributed by atoms with Crippen LogP contribution in [0.4, 0.5) is 5.95 Å². The fraction of sp³-hybridized carbons (Fsp3) is 0.450. The van der Waals surface area contributed by atoms with Gasteiger partial charge in [0.25, 0.3) is 0 Å². The van der Waals surface area contributed by atoms with E-state index in [0.717, 1.165) is 51.3 Å². The maximum atomic E-state index is 12.6. The zero-order chi connectivity index (χ0) is 17.1. The van der Waals surface area contributed by atoms with Crippen LogP contribution in [0, 0.1) is 0 Å². The monoisotopic (exact) mass is 336 g/mol. The van der Waals surface area contributed by atoms with Gasteiger partial charge in [-0.25, -0.2) is 9.97 Å². The Kier molecular flexibility index (Phi) is 4.38. The number of hydrogen-bond acceptors (Lipinski definition) is 4. The van der Waals surface area contributed by atoms with Crippen molar-refractivity contribution in [2.45, 2.75) is 44.2 Å². The van der Waals surface area contributed by atoms with Crippen molar-refractivity contribution in [3.05, 3.63) is 54.4 Å². The maximum absolute atomic E-state index is 12.6. The highest BCUT2D eigenvalue weighted by atomic mass is 16.2. The van der Waals surface area contributed by atoms with E-state index in [9.17, 15) is 4.79 Å². The van der Waals surface area contributed by atoms with Crippen molar-refractivity contribution < 1.29 is 4.79 Å². The summed E-state index contributed by atoms with van der Waals surface area (Å²) >= 11 is 0. The molecule has 5 heteroatoms. The molecule has 5 nitrogen and oxygen atoms in total. The molecule has 0 radical (unpaired) electrons. The minimum atomic E-state index is -0.00352. The summed E-state index contributed by atoms with van der Waals surface area (Å²) in [4.78, 5) is 25.8. The fourth-order valence-electron chi connectivity index (χ4n) is 4.25. The van der Waals surface area contributed by atoms with Gasteiger partial charge in [0.05, 0.1) is 0 Å². The van der Waals surface area contributed by atoms with Crippen molar-refractivity contribution in [3.63, 3.8) is 0 Å². The van der Waals surface area contributed by atoms with Gasteiger partial charge in [-0.2, -0.15) is 0 Å². The molecule has 0 saturated carbocycles. The molecule has 1 aromatic heterocycles. The van der Waals surface area contributed by atoms with Crippen molar-refractivity contribution in [2.24, 2.45) is 0 Å². The molecular formula is C20H24N4O. The van der Waals surface area contributed by atoms with E-state index in [4.69, 9.17) is 0 Å². The number of rotatable bonds is 3. The van der Waals surface area contributed by atoms with Gasteiger partial charge < -0.3 is 9.80 Å². The van der Waals surface area contributed by atoms with E-state index in [-0.39, 0.29) is 5.54 Å². The largest absolute Gasteiger partial charge is 0.341 e. The predicted octanol–water partition coefficient (Wildman–Crippen LogP) is 3.03. The number of hydrogen-bond donors (Lipinski definition) is 0. The Morgan fingerprint density at radius 2 is 1.76 bits per heavy atom. The minimum absolute atomic E-state index is 0.00352. The highest BCUT2D eigenvalue weighted by molar-refractivity contribution is 5.79. The Labute approximate surface area is 148 Å². The van der Waals surface area contributed by atoms with E-state index in [1.54, 1.807) is 12.4 Å². The van der Waals surface area contributed by atoms with E-state index in [1.807, 2.05) is 24.3 Å². The van der Waals surface area contributed by atoms with E-state index < -0.39 is 0 Å². The molecule has 130 valence electrons. The van der Waals surface area contributed by atoms with Crippen molar-refractivity contribution >= 4 is 11.9 Å². The Balaban J connectivity index is 1.53. The smallest absolute Gasteiger partial charge is 0.225 e. The minimum Gasteiger partial charge on any atom is -0.341 e. The molecule has 1 aromatic carbocycles. The Morgan fingerprint density at radius 3 is 2.56 bits per heavy atom. The summed E-state index contributed by atoms with van der Waals surface area (Å²) in [7, 11) is 0. The van der Waals surface area contributed by atoms with Crippen LogP contribution >= 0.6 is 0 Å². The summed E-state index contributed by atoms with van der Waals surface area (Å²) in [6.07, 6.45) is 8.36. The lowest BCUT2D eigenvalue weighted by Gasteiger charge is -2.38. The first-order valence-electron chi connectivity index (χ1n) is 9.13. The number of carbonyl (C=O) groups is 1. The average Bonchev–Trinajstić information content (AvgIpc) is 2.84. The summed E-state index contributed by atoms with van der Waals surface area (Å²) in [5.41, 5.74) is 1.21. The Bertz CT molecular complexity index is 721. The number of anilines is 1. The molecule has 1 amide bonds. The van der Waals surface area contributed by atoms with Crippen LogP contribution in [-0.4, -0.2) is 39.4 Å². The third-order valence-electron chi connectivity index (χ3n) is 5.61. The van der Waals surface area contributed by atoms with E-state index in [2.05, 4.69) is 31.9 Å². The number of amides is 1. The highest BCUT2D eigenvalue weighted by Gasteiger charge is 2.45. The van der Waals surface area contributed by atoms with E-state index >= 15 is 0 Å². The van der Waals surface area contributed by atoms with Crippen molar-refractivity contribution in [1.82, 2.24) is 14.9 Å². The molecule has 1 unspecified atom stereocenters. The van der Waals surface area contributed by atoms with Crippen molar-refractivity contribution in [3.8, 4) is 0 Å². The number of carbonyl (C=O) groups excluding carboxylic acids is 1. The Morgan fingerprint density at radius 1 is 0.960 bits per heavy atom. The van der Waals surface area contributed by atoms with Crippen LogP contribution in [0.25, 0.3) is 0 Å². The van der Waals surface area contributed by atoms with Gasteiger partial charge in [-0.05, 0) is 37.3 Å². The molecule has 1 spiro atoms. The lowest BCUT2D eigenvalue weighted by atomic mass is 9.87. The topological polar surface area (TPSA) is 49.3 Å². The van der Waals surface area contributed by atoms with Crippen LogP contribution in [0.3, 0.4) is 0 Å². The van der Waals surface area contributed by atoms with Gasteiger partial charge in [0, 0.05) is 44.0 Å². The zero-order valence-corrected chi connectivity index (χ0v) is 14.5. The second-order valence-corrected chi connectivity index (χ2v) is 7.08. The molecule has 4 rings (SSSR count). The first-order chi connectivity index (χ1) is 12.3. The summed E-state index contributed by atoms with van der Waals surface area (Å²) in [5.74, 6) is 1.10. The van der Waals surface area contributed by atoms with Crippen LogP contribution in [0.5, 0.6) is 0 Å². The molecular weight excluding hydrogens is 312 g/mol. The first kappa shape index (κ1) is 16.1. The van der Waals surface area contributed by atoms with E-state index in [1.165, 1.54) is 5.56 Å². The van der Waals surface area contributed by atoms with Gasteiger partial charge in [-0.15, -0.1) is 0 Å². The molecule has 1 atom stereocenters. The first-order valence-corrected chi connectivity index (χ1v) is 9.13. The SMILES string of the molecule is O=C1CCC2(CCCN(c3ncccn3)CC2)N1Cc1ccccc1. The van der Waals surface area contributed by atoms with Gasteiger partial charge in [-0.3, -0.25) is 4.79 Å². The lowest BCUT2D eigenvalue weighted by Crippen LogP contribution is -2.46. The fourth-order valence-corrected chi connectivity index (χ4v) is 4.25. The second-order valence-electron chi connectivity index (χ2n) is 7.08. The summed E-state index contributed by atoms with van der Waals surface area (Å²) in [6.45, 7) is 2.59. The lowest BCUT2D eigenvalue weighted by molar-refractivity contribution is -0.132. The Hall–Kier alpha value is -2.43. The van der Waals surface area contributed by atoms with Gasteiger partial charge in [0.2, 0.25) is 11.9 Å². The number of benzene rings is 1. The van der Waals surface area contributed by atoms with Gasteiger partial charge in [0.1, 0.15) is 0 Å². The van der Waals surface area contributed by atoms with Crippen LogP contribution in [0.2, 0.25) is 0 Å². The highest BCUT2D eigenvalue weighted by Crippen LogP contribution is 2.40. The number of likely N-dealkylation sites (tertiary alicyclic amines) is 1. The van der Waals surface area contributed by atoms with E-state index in [0.29, 0.717) is 12.3 Å². The second kappa shape index (κ2) is 6.82. The van der Waals surface area contributed by atoms with Crippen LogP contribution in [0.15, 0.2) is 48.8 Å². The molecule has 0 aliphatic carbocycles. The van der Waals surface area contributed by atoms with Gasteiger partial charge in [0.15, 0.2) is 0 Å². The van der Waals surface area contributed by atoms with Crippen molar-refractivity contribution in [2.75, 3.05) is 18.0 Å². The van der Waals surface area contributed by atoms with Gasteiger partial charge >= 0.3 is 0 Å². The molecule has 0 N–H and O–H groups in total. The number of aromatic nitrogens is 2. The average molecular weight is 336 g/mol. The maximum Gasteiger partial charge on any atom is 0.225 e. The normalized spacial score (nSPS) is 23.9. The van der Waals surface area contributed by atoms with Crippen LogP contribution < -0.4 is 4.90 Å². The molecule has 2 fully saturated rings. The standard InChI is InChI=1S/C20H24N4O/c25-18-8-10-20(24(18)16-17-6-2-1-3-7-17)9-4-14-23(15-11-20)19-21-12-5-13-22-19/h1-3,5-7,12-13H,4,8-11,14-16H2.